The van der Waals surface area contributed by atoms with E-state index < -0.39 is 0 Å². The minimum atomic E-state index is 0.515. The highest BCUT2D eigenvalue weighted by atomic mass is 35.5. The van der Waals surface area contributed by atoms with Crippen molar-refractivity contribution in [2.75, 3.05) is 12.4 Å². The maximum atomic E-state index is 5.73. The number of anilines is 1. The zero-order valence-corrected chi connectivity index (χ0v) is 7.67. The van der Waals surface area contributed by atoms with Gasteiger partial charge in [-0.1, -0.05) is 18.2 Å². The van der Waals surface area contributed by atoms with Gasteiger partial charge in [-0.25, -0.2) is 0 Å². The van der Waals surface area contributed by atoms with Crippen molar-refractivity contribution >= 4 is 23.6 Å². The molecule has 12 heavy (non-hydrogen) atoms. The molecule has 0 saturated heterocycles. The van der Waals surface area contributed by atoms with Gasteiger partial charge in [-0.3, -0.25) is 4.99 Å². The van der Waals surface area contributed by atoms with E-state index in [4.69, 9.17) is 11.6 Å². The molecule has 0 spiro atoms. The molecule has 0 radical (unpaired) electrons. The maximum Gasteiger partial charge on any atom is 0.0864 e. The average Bonchev–Trinajstić information content (AvgIpc) is 2.15. The van der Waals surface area contributed by atoms with E-state index in [-0.39, 0.29) is 0 Å². The fourth-order valence-electron chi connectivity index (χ4n) is 0.912. The van der Waals surface area contributed by atoms with Crippen LogP contribution in [0.1, 0.15) is 5.56 Å². The van der Waals surface area contributed by atoms with Crippen molar-refractivity contribution in [2.24, 2.45) is 4.99 Å². The van der Waals surface area contributed by atoms with Gasteiger partial charge in [0.1, 0.15) is 0 Å². The zero-order valence-electron chi connectivity index (χ0n) is 6.92. The first-order valence-corrected chi connectivity index (χ1v) is 4.23. The molecule has 2 nitrogen and oxygen atoms in total. The average molecular weight is 183 g/mol. The van der Waals surface area contributed by atoms with Crippen molar-refractivity contribution in [3.05, 3.63) is 29.8 Å². The highest BCUT2D eigenvalue weighted by molar-refractivity contribution is 6.17. The molecule has 0 atom stereocenters. The van der Waals surface area contributed by atoms with Crippen LogP contribution in [0.4, 0.5) is 5.69 Å². The van der Waals surface area contributed by atoms with E-state index in [9.17, 15) is 0 Å². The van der Waals surface area contributed by atoms with Gasteiger partial charge < -0.3 is 5.32 Å². The number of halogens is 1. The topological polar surface area (TPSA) is 24.4 Å². The summed E-state index contributed by atoms with van der Waals surface area (Å²) in [6.45, 7) is 0. The highest BCUT2D eigenvalue weighted by Crippen LogP contribution is 2.15. The maximum absolute atomic E-state index is 5.73. The lowest BCUT2D eigenvalue weighted by Gasteiger charge is -2.04. The van der Waals surface area contributed by atoms with Crippen molar-refractivity contribution in [3.63, 3.8) is 0 Å². The Hall–Kier alpha value is -1.02. The molecular weight excluding hydrogens is 172 g/mol. The number of para-hydroxylation sites is 1. The summed E-state index contributed by atoms with van der Waals surface area (Å²) in [4.78, 5) is 3.83. The lowest BCUT2D eigenvalue weighted by atomic mass is 10.2. The molecule has 1 aromatic carbocycles. The van der Waals surface area contributed by atoms with Crippen LogP contribution in [0.5, 0.6) is 0 Å². The third-order valence-electron chi connectivity index (χ3n) is 1.51. The Morgan fingerprint density at radius 2 is 2.25 bits per heavy atom. The van der Waals surface area contributed by atoms with Crippen molar-refractivity contribution in [1.82, 2.24) is 0 Å². The Bertz CT molecular complexity index is 271. The van der Waals surface area contributed by atoms with Gasteiger partial charge >= 0.3 is 0 Å². The number of hydrogen-bond donors (Lipinski definition) is 1. The van der Waals surface area contributed by atoms with Crippen LogP contribution < -0.4 is 5.32 Å². The van der Waals surface area contributed by atoms with Crippen molar-refractivity contribution in [3.8, 4) is 0 Å². The molecule has 0 aromatic heterocycles. The molecule has 1 aromatic rings. The molecule has 0 fully saturated rings. The molecule has 0 bridgehead atoms. The second-order valence-corrected chi connectivity index (χ2v) is 2.59. The SMILES string of the molecule is CN=CNc1ccccc1CCl. The van der Waals surface area contributed by atoms with Gasteiger partial charge in [0.05, 0.1) is 6.34 Å². The van der Waals surface area contributed by atoms with E-state index in [0.717, 1.165) is 11.3 Å². The van der Waals surface area contributed by atoms with Gasteiger partial charge in [0.15, 0.2) is 0 Å². The van der Waals surface area contributed by atoms with Crippen LogP contribution in [0.3, 0.4) is 0 Å². The predicted octanol–water partition coefficient (Wildman–Crippen LogP) is 2.50. The summed E-state index contributed by atoms with van der Waals surface area (Å²) >= 11 is 5.73. The van der Waals surface area contributed by atoms with Crippen LogP contribution in [-0.4, -0.2) is 13.4 Å². The number of alkyl halides is 1. The minimum absolute atomic E-state index is 0.515. The molecule has 0 aliphatic carbocycles. The summed E-state index contributed by atoms with van der Waals surface area (Å²) in [6.07, 6.45) is 1.64. The minimum Gasteiger partial charge on any atom is -0.346 e. The zero-order chi connectivity index (χ0) is 8.81. The van der Waals surface area contributed by atoms with E-state index in [2.05, 4.69) is 10.3 Å². The first-order valence-electron chi connectivity index (χ1n) is 3.69. The molecule has 0 unspecified atom stereocenters. The second kappa shape index (κ2) is 4.78. The summed E-state index contributed by atoms with van der Waals surface area (Å²) in [5, 5.41) is 3.04. The molecule has 64 valence electrons. The van der Waals surface area contributed by atoms with Gasteiger partial charge in [0, 0.05) is 18.6 Å². The summed E-state index contributed by atoms with van der Waals surface area (Å²) < 4.78 is 0. The molecule has 1 N–H and O–H groups in total. The van der Waals surface area contributed by atoms with E-state index in [0.29, 0.717) is 5.88 Å². The summed E-state index contributed by atoms with van der Waals surface area (Å²) in [5.41, 5.74) is 2.09. The number of rotatable bonds is 3. The monoisotopic (exact) mass is 182 g/mol. The van der Waals surface area contributed by atoms with E-state index in [1.807, 2.05) is 24.3 Å². The standard InChI is InChI=1S/C9H11ClN2/c1-11-7-12-9-5-3-2-4-8(9)6-10/h2-5,7H,6H2,1H3,(H,11,12). The van der Waals surface area contributed by atoms with Gasteiger partial charge in [-0.15, -0.1) is 11.6 Å². The van der Waals surface area contributed by atoms with Crippen LogP contribution in [0.15, 0.2) is 29.3 Å². The van der Waals surface area contributed by atoms with E-state index >= 15 is 0 Å². The summed E-state index contributed by atoms with van der Waals surface area (Å²) in [6, 6.07) is 7.88. The highest BCUT2D eigenvalue weighted by Gasteiger charge is 1.96. The largest absolute Gasteiger partial charge is 0.346 e. The Kier molecular flexibility index (Phi) is 3.61. The molecule has 3 heteroatoms. The molecule has 0 saturated carbocycles. The first-order chi connectivity index (χ1) is 5.88. The van der Waals surface area contributed by atoms with Gasteiger partial charge in [0.25, 0.3) is 0 Å². The van der Waals surface area contributed by atoms with Crippen LogP contribution >= 0.6 is 11.6 Å². The lowest BCUT2D eigenvalue weighted by molar-refractivity contribution is 1.39. The fourth-order valence-corrected chi connectivity index (χ4v) is 1.14. The third kappa shape index (κ3) is 2.24. The lowest BCUT2D eigenvalue weighted by Crippen LogP contribution is -1.97. The van der Waals surface area contributed by atoms with E-state index in [1.165, 1.54) is 0 Å². The number of aliphatic imine (C=N–C) groups is 1. The van der Waals surface area contributed by atoms with Crippen molar-refractivity contribution < 1.29 is 0 Å². The smallest absolute Gasteiger partial charge is 0.0864 e. The number of benzene rings is 1. The summed E-state index contributed by atoms with van der Waals surface area (Å²) in [7, 11) is 1.72. The molecule has 0 amide bonds. The van der Waals surface area contributed by atoms with Gasteiger partial charge in [-0.05, 0) is 11.6 Å². The van der Waals surface area contributed by atoms with Crippen LogP contribution in [0, 0.1) is 0 Å². The fraction of sp³-hybridized carbons (Fsp3) is 0.222. The van der Waals surface area contributed by atoms with Crippen molar-refractivity contribution in [1.29, 1.82) is 0 Å². The van der Waals surface area contributed by atoms with Crippen molar-refractivity contribution in [2.45, 2.75) is 5.88 Å². The van der Waals surface area contributed by atoms with Crippen LogP contribution in [-0.2, 0) is 5.88 Å². The Morgan fingerprint density at radius 3 is 2.92 bits per heavy atom. The van der Waals surface area contributed by atoms with Gasteiger partial charge in [-0.2, -0.15) is 0 Å². The van der Waals surface area contributed by atoms with Crippen LogP contribution in [0.25, 0.3) is 0 Å². The third-order valence-corrected chi connectivity index (χ3v) is 1.80. The Labute approximate surface area is 77.3 Å². The molecule has 1 rings (SSSR count). The van der Waals surface area contributed by atoms with E-state index in [1.54, 1.807) is 13.4 Å². The Balaban J connectivity index is 2.81. The normalized spacial score (nSPS) is 10.5. The first kappa shape index (κ1) is 9.07. The van der Waals surface area contributed by atoms with Crippen LogP contribution in [0.2, 0.25) is 0 Å². The van der Waals surface area contributed by atoms with Gasteiger partial charge in [0.2, 0.25) is 0 Å². The molecule has 0 heterocycles. The quantitative estimate of drug-likeness (QED) is 0.434. The molecule has 0 aliphatic rings. The number of nitrogens with zero attached hydrogens (tertiary/aromatic N) is 1. The number of nitrogens with one attached hydrogen (secondary N) is 1. The molecule has 0 aliphatic heterocycles. The Morgan fingerprint density at radius 1 is 1.50 bits per heavy atom. The predicted molar refractivity (Wildman–Crippen MR) is 54.0 cm³/mol. The molecular formula is C9H11ClN2. The number of hydrogen-bond acceptors (Lipinski definition) is 1. The second-order valence-electron chi connectivity index (χ2n) is 2.32. The summed E-state index contributed by atoms with van der Waals surface area (Å²) in [5.74, 6) is 0.515.